The predicted molar refractivity (Wildman–Crippen MR) is 79.4 cm³/mol. The van der Waals surface area contributed by atoms with Crippen LogP contribution >= 0.6 is 0 Å². The SMILES string of the molecule is O=C(NCc1ccc(N2CCOCC2)cc1)C1CNNN1. The second-order valence-electron chi connectivity index (χ2n) is 5.19. The van der Waals surface area contributed by atoms with Gasteiger partial charge in [0.2, 0.25) is 5.91 Å². The summed E-state index contributed by atoms with van der Waals surface area (Å²) in [5.74, 6) is -0.00949. The second-order valence-corrected chi connectivity index (χ2v) is 5.19. The highest BCUT2D eigenvalue weighted by molar-refractivity contribution is 5.82. The van der Waals surface area contributed by atoms with E-state index in [0.29, 0.717) is 13.1 Å². The van der Waals surface area contributed by atoms with E-state index in [2.05, 4.69) is 50.9 Å². The summed E-state index contributed by atoms with van der Waals surface area (Å²) in [6.45, 7) is 4.57. The van der Waals surface area contributed by atoms with E-state index in [1.807, 2.05) is 0 Å². The van der Waals surface area contributed by atoms with Gasteiger partial charge in [0.25, 0.3) is 0 Å². The van der Waals surface area contributed by atoms with Crippen LogP contribution in [0.5, 0.6) is 0 Å². The van der Waals surface area contributed by atoms with Gasteiger partial charge in [-0.1, -0.05) is 12.1 Å². The molecule has 1 atom stereocenters. The highest BCUT2D eigenvalue weighted by atomic mass is 16.5. The van der Waals surface area contributed by atoms with Gasteiger partial charge >= 0.3 is 0 Å². The number of nitrogens with one attached hydrogen (secondary N) is 4. The van der Waals surface area contributed by atoms with Crippen molar-refractivity contribution in [3.05, 3.63) is 29.8 Å². The molecule has 21 heavy (non-hydrogen) atoms. The average molecular weight is 291 g/mol. The molecule has 2 fully saturated rings. The zero-order valence-electron chi connectivity index (χ0n) is 11.9. The fourth-order valence-electron chi connectivity index (χ4n) is 2.46. The number of carbonyl (C=O) groups is 1. The number of rotatable bonds is 4. The van der Waals surface area contributed by atoms with E-state index in [1.54, 1.807) is 0 Å². The third-order valence-corrected chi connectivity index (χ3v) is 3.74. The van der Waals surface area contributed by atoms with Crippen LogP contribution < -0.4 is 26.6 Å². The highest BCUT2D eigenvalue weighted by Gasteiger charge is 2.21. The third kappa shape index (κ3) is 3.70. The van der Waals surface area contributed by atoms with Gasteiger partial charge in [0.1, 0.15) is 6.04 Å². The second kappa shape index (κ2) is 6.86. The van der Waals surface area contributed by atoms with Crippen molar-refractivity contribution in [2.24, 2.45) is 0 Å². The van der Waals surface area contributed by atoms with Gasteiger partial charge in [-0.3, -0.25) is 4.79 Å². The van der Waals surface area contributed by atoms with Gasteiger partial charge in [0.05, 0.1) is 13.2 Å². The van der Waals surface area contributed by atoms with E-state index < -0.39 is 0 Å². The van der Waals surface area contributed by atoms with Crippen LogP contribution in [0.25, 0.3) is 0 Å². The Bertz CT molecular complexity index is 467. The van der Waals surface area contributed by atoms with Crippen molar-refractivity contribution in [1.29, 1.82) is 0 Å². The van der Waals surface area contributed by atoms with Gasteiger partial charge in [0, 0.05) is 31.9 Å². The Morgan fingerprint density at radius 2 is 2.05 bits per heavy atom. The third-order valence-electron chi connectivity index (χ3n) is 3.74. The maximum absolute atomic E-state index is 11.9. The van der Waals surface area contributed by atoms with E-state index >= 15 is 0 Å². The smallest absolute Gasteiger partial charge is 0.240 e. The van der Waals surface area contributed by atoms with Crippen molar-refractivity contribution < 1.29 is 9.53 Å². The van der Waals surface area contributed by atoms with Gasteiger partial charge in [-0.05, 0) is 17.7 Å². The Balaban J connectivity index is 1.50. The molecule has 4 N–H and O–H groups in total. The number of amides is 1. The molecule has 0 aliphatic carbocycles. The van der Waals surface area contributed by atoms with E-state index in [9.17, 15) is 4.79 Å². The molecule has 1 unspecified atom stereocenters. The molecule has 7 heteroatoms. The first-order valence-corrected chi connectivity index (χ1v) is 7.26. The number of ether oxygens (including phenoxy) is 1. The number of nitrogens with zero attached hydrogens (tertiary/aromatic N) is 1. The summed E-state index contributed by atoms with van der Waals surface area (Å²) in [6.07, 6.45) is 0. The Morgan fingerprint density at radius 3 is 2.71 bits per heavy atom. The molecule has 1 aromatic carbocycles. The number of hydrogen-bond donors (Lipinski definition) is 4. The first-order valence-electron chi connectivity index (χ1n) is 7.26. The van der Waals surface area contributed by atoms with Crippen molar-refractivity contribution in [3.63, 3.8) is 0 Å². The monoisotopic (exact) mass is 291 g/mol. The van der Waals surface area contributed by atoms with Gasteiger partial charge in [0.15, 0.2) is 0 Å². The summed E-state index contributed by atoms with van der Waals surface area (Å²) in [4.78, 5) is 14.2. The number of hydrazine groups is 2. The number of hydrogen-bond acceptors (Lipinski definition) is 6. The Kier molecular flexibility index (Phi) is 4.66. The standard InChI is InChI=1S/C14H21N5O2/c20-14(13-10-16-18-17-13)15-9-11-1-3-12(4-2-11)19-5-7-21-8-6-19/h1-4,13,16-18H,5-10H2,(H,15,20). The summed E-state index contributed by atoms with van der Waals surface area (Å²) in [5.41, 5.74) is 10.7. The number of anilines is 1. The van der Waals surface area contributed by atoms with Crippen molar-refractivity contribution in [2.45, 2.75) is 12.6 Å². The van der Waals surface area contributed by atoms with Crippen LogP contribution in [0.2, 0.25) is 0 Å². The Morgan fingerprint density at radius 1 is 1.29 bits per heavy atom. The van der Waals surface area contributed by atoms with Crippen LogP contribution in [0.3, 0.4) is 0 Å². The highest BCUT2D eigenvalue weighted by Crippen LogP contribution is 2.16. The number of morpholine rings is 1. The van der Waals surface area contributed by atoms with Gasteiger partial charge in [-0.25, -0.2) is 10.9 Å². The van der Waals surface area contributed by atoms with Crippen molar-refractivity contribution in [2.75, 3.05) is 37.7 Å². The summed E-state index contributed by atoms with van der Waals surface area (Å²) in [5, 5.41) is 2.92. The van der Waals surface area contributed by atoms with E-state index in [-0.39, 0.29) is 11.9 Å². The van der Waals surface area contributed by atoms with Gasteiger partial charge in [-0.15, -0.1) is 0 Å². The molecule has 7 nitrogen and oxygen atoms in total. The summed E-state index contributed by atoms with van der Waals surface area (Å²) < 4.78 is 5.35. The maximum Gasteiger partial charge on any atom is 0.240 e. The summed E-state index contributed by atoms with van der Waals surface area (Å²) in [7, 11) is 0. The molecule has 1 aromatic rings. The molecule has 0 bridgehead atoms. The average Bonchev–Trinajstić information content (AvgIpc) is 3.08. The molecule has 2 saturated heterocycles. The van der Waals surface area contributed by atoms with Crippen LogP contribution in [0.15, 0.2) is 24.3 Å². The van der Waals surface area contributed by atoms with Gasteiger partial charge in [-0.2, -0.15) is 5.53 Å². The zero-order valence-corrected chi connectivity index (χ0v) is 11.9. The molecule has 114 valence electrons. The van der Waals surface area contributed by atoms with Crippen LogP contribution in [0, 0.1) is 0 Å². The van der Waals surface area contributed by atoms with E-state index in [0.717, 1.165) is 31.9 Å². The zero-order chi connectivity index (χ0) is 14.5. The minimum absolute atomic E-state index is 0.00949. The quantitative estimate of drug-likeness (QED) is 0.577. The molecule has 2 aliphatic heterocycles. The largest absolute Gasteiger partial charge is 0.378 e. The van der Waals surface area contributed by atoms with E-state index in [4.69, 9.17) is 4.74 Å². The van der Waals surface area contributed by atoms with Crippen molar-refractivity contribution in [1.82, 2.24) is 21.7 Å². The number of benzene rings is 1. The lowest BCUT2D eigenvalue weighted by Crippen LogP contribution is -2.44. The first-order chi connectivity index (χ1) is 10.3. The summed E-state index contributed by atoms with van der Waals surface area (Å²) >= 11 is 0. The molecular formula is C14H21N5O2. The molecule has 2 heterocycles. The molecule has 0 aromatic heterocycles. The van der Waals surface area contributed by atoms with E-state index in [1.165, 1.54) is 5.69 Å². The van der Waals surface area contributed by atoms with Crippen LogP contribution in [0.4, 0.5) is 5.69 Å². The molecular weight excluding hydrogens is 270 g/mol. The maximum atomic E-state index is 11.9. The molecule has 2 aliphatic rings. The topological polar surface area (TPSA) is 77.7 Å². The lowest BCUT2D eigenvalue weighted by Gasteiger charge is -2.28. The van der Waals surface area contributed by atoms with Crippen molar-refractivity contribution >= 4 is 11.6 Å². The van der Waals surface area contributed by atoms with Crippen molar-refractivity contribution in [3.8, 4) is 0 Å². The first kappa shape index (κ1) is 14.3. The minimum Gasteiger partial charge on any atom is -0.378 e. The fourth-order valence-corrected chi connectivity index (χ4v) is 2.46. The lowest BCUT2D eigenvalue weighted by molar-refractivity contribution is -0.122. The molecule has 0 radical (unpaired) electrons. The van der Waals surface area contributed by atoms with Crippen LogP contribution in [-0.2, 0) is 16.1 Å². The minimum atomic E-state index is -0.224. The molecule has 0 spiro atoms. The normalized spacial score (nSPS) is 22.3. The molecule has 3 rings (SSSR count). The Hall–Kier alpha value is -1.67. The van der Waals surface area contributed by atoms with Crippen LogP contribution in [0.1, 0.15) is 5.56 Å². The Labute approximate surface area is 124 Å². The summed E-state index contributed by atoms with van der Waals surface area (Å²) in [6, 6.07) is 8.10. The molecule has 1 amide bonds. The predicted octanol–water partition coefficient (Wildman–Crippen LogP) is -0.880. The molecule has 0 saturated carbocycles. The lowest BCUT2D eigenvalue weighted by atomic mass is 10.2. The fraction of sp³-hybridized carbons (Fsp3) is 0.500. The van der Waals surface area contributed by atoms with Gasteiger partial charge < -0.3 is 15.0 Å². The number of carbonyl (C=O) groups excluding carboxylic acids is 1. The van der Waals surface area contributed by atoms with Crippen LogP contribution in [-0.4, -0.2) is 44.8 Å².